The summed E-state index contributed by atoms with van der Waals surface area (Å²) in [5, 5.41) is 6.15. The summed E-state index contributed by atoms with van der Waals surface area (Å²) in [4.78, 5) is 11.8. The van der Waals surface area contributed by atoms with Crippen molar-refractivity contribution in [3.8, 4) is 0 Å². The Morgan fingerprint density at radius 1 is 1.47 bits per heavy atom. The highest BCUT2D eigenvalue weighted by Crippen LogP contribution is 2.20. The van der Waals surface area contributed by atoms with E-state index in [1.54, 1.807) is 0 Å². The number of amides is 1. The molecule has 1 fully saturated rings. The quantitative estimate of drug-likeness (QED) is 0.896. The number of anilines is 1. The Morgan fingerprint density at radius 3 is 2.76 bits per heavy atom. The van der Waals surface area contributed by atoms with Crippen LogP contribution in [0.2, 0.25) is 0 Å². The molecule has 1 aliphatic carbocycles. The highest BCUT2D eigenvalue weighted by molar-refractivity contribution is 9.10. The Balaban J connectivity index is 0.00000144. The van der Waals surface area contributed by atoms with Gasteiger partial charge in [0, 0.05) is 16.2 Å². The van der Waals surface area contributed by atoms with Gasteiger partial charge in [-0.3, -0.25) is 4.79 Å². The molecule has 17 heavy (non-hydrogen) atoms. The number of hydrogen-bond donors (Lipinski definition) is 2. The molecule has 2 rings (SSSR count). The molecule has 1 saturated carbocycles. The molecule has 2 N–H and O–H groups in total. The fraction of sp³-hybridized carbons (Fsp3) is 0.417. The molecule has 0 aromatic heterocycles. The normalized spacial score (nSPS) is 15.9. The van der Waals surface area contributed by atoms with Gasteiger partial charge in [-0.25, -0.2) is 0 Å². The summed E-state index contributed by atoms with van der Waals surface area (Å²) in [5.74, 6) is 0.0185. The summed E-state index contributed by atoms with van der Waals surface area (Å²) in [6, 6.07) is 8.02. The van der Waals surface area contributed by atoms with Crippen molar-refractivity contribution in [2.45, 2.75) is 31.8 Å². The van der Waals surface area contributed by atoms with E-state index in [2.05, 4.69) is 26.6 Å². The number of hydrogen-bond acceptors (Lipinski definition) is 2. The third-order valence-electron chi connectivity index (χ3n) is 2.55. The van der Waals surface area contributed by atoms with Gasteiger partial charge in [0.1, 0.15) is 0 Å². The molecule has 94 valence electrons. The lowest BCUT2D eigenvalue weighted by molar-refractivity contribution is -0.117. The van der Waals surface area contributed by atoms with Crippen LogP contribution in [0.15, 0.2) is 28.7 Å². The van der Waals surface area contributed by atoms with Gasteiger partial charge in [0.05, 0.1) is 6.04 Å². The van der Waals surface area contributed by atoms with E-state index in [0.29, 0.717) is 6.04 Å². The van der Waals surface area contributed by atoms with Crippen molar-refractivity contribution < 1.29 is 4.79 Å². The molecule has 1 unspecified atom stereocenters. The molecule has 0 aliphatic heterocycles. The van der Waals surface area contributed by atoms with Crippen LogP contribution in [0, 0.1) is 0 Å². The van der Waals surface area contributed by atoms with Crippen LogP contribution in [-0.4, -0.2) is 18.0 Å². The van der Waals surface area contributed by atoms with Gasteiger partial charge in [0.15, 0.2) is 0 Å². The van der Waals surface area contributed by atoms with Gasteiger partial charge in [-0.1, -0.05) is 22.0 Å². The largest absolute Gasteiger partial charge is 0.325 e. The average Bonchev–Trinajstić information content (AvgIpc) is 3.01. The number of benzene rings is 1. The van der Waals surface area contributed by atoms with Crippen molar-refractivity contribution in [3.05, 3.63) is 28.7 Å². The van der Waals surface area contributed by atoms with Gasteiger partial charge < -0.3 is 10.6 Å². The Hall–Kier alpha value is -0.580. The first kappa shape index (κ1) is 14.5. The second-order valence-electron chi connectivity index (χ2n) is 4.16. The first-order chi connectivity index (χ1) is 7.65. The van der Waals surface area contributed by atoms with Gasteiger partial charge >= 0.3 is 0 Å². The maximum Gasteiger partial charge on any atom is 0.241 e. The highest BCUT2D eigenvalue weighted by atomic mass is 79.9. The molecule has 0 radical (unpaired) electrons. The van der Waals surface area contributed by atoms with Crippen molar-refractivity contribution in [1.82, 2.24) is 5.32 Å². The predicted molar refractivity (Wildman–Crippen MR) is 75.6 cm³/mol. The standard InChI is InChI=1S/C12H15BrN2O.ClH/c1-8(14-10-5-6-10)12(16)15-11-4-2-3-9(13)7-11;/h2-4,7-8,10,14H,5-6H2,1H3,(H,15,16);1H. The fourth-order valence-electron chi connectivity index (χ4n) is 1.50. The Morgan fingerprint density at radius 2 is 2.18 bits per heavy atom. The molecule has 3 nitrogen and oxygen atoms in total. The lowest BCUT2D eigenvalue weighted by Gasteiger charge is -2.13. The number of rotatable bonds is 4. The van der Waals surface area contributed by atoms with Crippen molar-refractivity contribution in [3.63, 3.8) is 0 Å². The van der Waals surface area contributed by atoms with E-state index in [1.165, 1.54) is 12.8 Å². The van der Waals surface area contributed by atoms with Gasteiger partial charge in [0.25, 0.3) is 0 Å². The minimum atomic E-state index is -0.133. The fourth-order valence-corrected chi connectivity index (χ4v) is 1.90. The number of carbonyl (C=O) groups excluding carboxylic acids is 1. The van der Waals surface area contributed by atoms with E-state index in [1.807, 2.05) is 31.2 Å². The summed E-state index contributed by atoms with van der Waals surface area (Å²) in [6.07, 6.45) is 2.38. The topological polar surface area (TPSA) is 41.1 Å². The minimum Gasteiger partial charge on any atom is -0.325 e. The van der Waals surface area contributed by atoms with Crippen LogP contribution in [-0.2, 0) is 4.79 Å². The van der Waals surface area contributed by atoms with Crippen LogP contribution in [0.5, 0.6) is 0 Å². The predicted octanol–water partition coefficient (Wildman–Crippen LogP) is 2.95. The van der Waals surface area contributed by atoms with Crippen molar-refractivity contribution in [2.75, 3.05) is 5.32 Å². The molecule has 1 aromatic rings. The first-order valence-electron chi connectivity index (χ1n) is 5.47. The summed E-state index contributed by atoms with van der Waals surface area (Å²) in [7, 11) is 0. The zero-order valence-corrected chi connectivity index (χ0v) is 12.0. The molecule has 1 amide bonds. The van der Waals surface area contributed by atoms with E-state index in [0.717, 1.165) is 10.2 Å². The summed E-state index contributed by atoms with van der Waals surface area (Å²) < 4.78 is 0.966. The molecule has 1 aliphatic rings. The van der Waals surface area contributed by atoms with Crippen LogP contribution in [0.4, 0.5) is 5.69 Å². The number of carbonyl (C=O) groups is 1. The van der Waals surface area contributed by atoms with E-state index in [-0.39, 0.29) is 24.4 Å². The van der Waals surface area contributed by atoms with Crippen LogP contribution in [0.25, 0.3) is 0 Å². The molecule has 0 spiro atoms. The van der Waals surface area contributed by atoms with Crippen LogP contribution >= 0.6 is 28.3 Å². The van der Waals surface area contributed by atoms with Gasteiger partial charge in [-0.15, -0.1) is 12.4 Å². The monoisotopic (exact) mass is 318 g/mol. The second kappa shape index (κ2) is 6.38. The average molecular weight is 320 g/mol. The summed E-state index contributed by atoms with van der Waals surface area (Å²) in [5.41, 5.74) is 0.823. The van der Waals surface area contributed by atoms with Crippen molar-refractivity contribution in [1.29, 1.82) is 0 Å². The van der Waals surface area contributed by atoms with Gasteiger partial charge in [0.2, 0.25) is 5.91 Å². The molecule has 0 heterocycles. The summed E-state index contributed by atoms with van der Waals surface area (Å²) >= 11 is 3.37. The zero-order valence-electron chi connectivity index (χ0n) is 9.57. The van der Waals surface area contributed by atoms with Crippen molar-refractivity contribution >= 4 is 39.9 Å². The Kier molecular flexibility index (Phi) is 5.43. The second-order valence-corrected chi connectivity index (χ2v) is 5.08. The maximum atomic E-state index is 11.8. The molecule has 0 bridgehead atoms. The first-order valence-corrected chi connectivity index (χ1v) is 6.27. The van der Waals surface area contributed by atoms with Crippen LogP contribution in [0.3, 0.4) is 0 Å². The van der Waals surface area contributed by atoms with Gasteiger partial charge in [-0.05, 0) is 38.0 Å². The lowest BCUT2D eigenvalue weighted by Crippen LogP contribution is -2.39. The van der Waals surface area contributed by atoms with E-state index < -0.39 is 0 Å². The van der Waals surface area contributed by atoms with Gasteiger partial charge in [-0.2, -0.15) is 0 Å². The number of nitrogens with one attached hydrogen (secondary N) is 2. The maximum absolute atomic E-state index is 11.8. The molecule has 1 atom stereocenters. The van der Waals surface area contributed by atoms with Crippen LogP contribution < -0.4 is 10.6 Å². The minimum absolute atomic E-state index is 0. The molecule has 0 saturated heterocycles. The Labute approximate surface area is 116 Å². The molecule has 5 heteroatoms. The molecule has 1 aromatic carbocycles. The zero-order chi connectivity index (χ0) is 11.5. The smallest absolute Gasteiger partial charge is 0.241 e. The summed E-state index contributed by atoms with van der Waals surface area (Å²) in [6.45, 7) is 1.89. The Bertz CT molecular complexity index is 396. The molecular weight excluding hydrogens is 304 g/mol. The van der Waals surface area contributed by atoms with E-state index in [4.69, 9.17) is 0 Å². The highest BCUT2D eigenvalue weighted by Gasteiger charge is 2.25. The van der Waals surface area contributed by atoms with E-state index >= 15 is 0 Å². The molecular formula is C12H16BrClN2O. The third-order valence-corrected chi connectivity index (χ3v) is 3.04. The number of halogens is 2. The van der Waals surface area contributed by atoms with Crippen LogP contribution in [0.1, 0.15) is 19.8 Å². The lowest BCUT2D eigenvalue weighted by atomic mass is 10.2. The SMILES string of the molecule is CC(NC1CC1)C(=O)Nc1cccc(Br)c1.Cl. The van der Waals surface area contributed by atoms with Crippen molar-refractivity contribution in [2.24, 2.45) is 0 Å². The third kappa shape index (κ3) is 4.66. The van der Waals surface area contributed by atoms with E-state index in [9.17, 15) is 4.79 Å².